The average Bonchev–Trinajstić information content (AvgIpc) is 3.96. The highest BCUT2D eigenvalue weighted by atomic mass is 15.1. The molecule has 0 radical (unpaired) electrons. The first-order chi connectivity index (χ1) is 34.7. The Balaban J connectivity index is 0.989. The molecule has 0 aliphatic rings. The number of nitrogens with zero attached hydrogens (tertiary/aromatic N) is 5. The van der Waals surface area contributed by atoms with Gasteiger partial charge in [0.15, 0.2) is 17.5 Å². The van der Waals surface area contributed by atoms with Crippen molar-refractivity contribution in [2.24, 2.45) is 0 Å². The van der Waals surface area contributed by atoms with Crippen molar-refractivity contribution in [3.63, 3.8) is 0 Å². The molecule has 0 aliphatic heterocycles. The maximum absolute atomic E-state index is 5.38. The molecule has 14 rings (SSSR count). The maximum atomic E-state index is 5.38. The number of para-hydroxylation sites is 3. The van der Waals surface area contributed by atoms with E-state index in [0.717, 1.165) is 71.9 Å². The summed E-state index contributed by atoms with van der Waals surface area (Å²) in [5, 5.41) is 9.33. The van der Waals surface area contributed by atoms with Gasteiger partial charge in [-0.2, -0.15) is 0 Å². The first kappa shape index (κ1) is 39.7. The summed E-state index contributed by atoms with van der Waals surface area (Å²) in [6, 6.07) is 88.8. The Kier molecular flexibility index (Phi) is 9.14. The second-order valence-electron chi connectivity index (χ2n) is 18.0. The normalized spacial score (nSPS) is 11.7. The van der Waals surface area contributed by atoms with Crippen molar-refractivity contribution in [1.29, 1.82) is 0 Å². The lowest BCUT2D eigenvalue weighted by Gasteiger charge is -2.15. The van der Waals surface area contributed by atoms with Crippen molar-refractivity contribution in [1.82, 2.24) is 24.1 Å². The number of rotatable bonds is 7. The molecule has 70 heavy (non-hydrogen) atoms. The first-order valence-electron chi connectivity index (χ1n) is 23.8. The predicted molar refractivity (Wildman–Crippen MR) is 291 cm³/mol. The Bertz CT molecular complexity index is 4350. The molecule has 0 N–H and O–H groups in total. The Morgan fingerprint density at radius 1 is 0.271 bits per heavy atom. The second kappa shape index (κ2) is 16.1. The highest BCUT2D eigenvalue weighted by Gasteiger charge is 2.23. The molecule has 0 saturated carbocycles. The molecule has 0 unspecified atom stereocenters. The summed E-state index contributed by atoms with van der Waals surface area (Å²) >= 11 is 0. The fourth-order valence-electron chi connectivity index (χ4n) is 10.7. The molecule has 3 heterocycles. The summed E-state index contributed by atoms with van der Waals surface area (Å²) in [5.74, 6) is 1.85. The lowest BCUT2D eigenvalue weighted by molar-refractivity contribution is 1.08. The van der Waals surface area contributed by atoms with Crippen LogP contribution in [0, 0.1) is 0 Å². The number of aromatic nitrogens is 5. The lowest BCUT2D eigenvalue weighted by Crippen LogP contribution is -2.01. The smallest absolute Gasteiger partial charge is 0.164 e. The van der Waals surface area contributed by atoms with Gasteiger partial charge in [0.1, 0.15) is 0 Å². The van der Waals surface area contributed by atoms with Crippen LogP contribution in [0.2, 0.25) is 0 Å². The van der Waals surface area contributed by atoms with Crippen LogP contribution in [0.5, 0.6) is 0 Å². The molecule has 11 aromatic carbocycles. The van der Waals surface area contributed by atoms with Crippen molar-refractivity contribution < 1.29 is 0 Å². The van der Waals surface area contributed by atoms with Crippen molar-refractivity contribution >= 4 is 65.2 Å². The number of benzene rings is 11. The Morgan fingerprint density at radius 2 is 0.829 bits per heavy atom. The van der Waals surface area contributed by atoms with Gasteiger partial charge in [0.25, 0.3) is 0 Å². The van der Waals surface area contributed by atoms with E-state index in [9.17, 15) is 0 Å². The fourth-order valence-corrected chi connectivity index (χ4v) is 10.7. The average molecular weight is 892 g/mol. The second-order valence-corrected chi connectivity index (χ2v) is 18.0. The van der Waals surface area contributed by atoms with Crippen LogP contribution < -0.4 is 0 Å². The van der Waals surface area contributed by atoms with E-state index in [1.54, 1.807) is 0 Å². The molecule has 3 aromatic heterocycles. The topological polar surface area (TPSA) is 48.5 Å². The van der Waals surface area contributed by atoms with Gasteiger partial charge in [0.05, 0.1) is 27.8 Å². The van der Waals surface area contributed by atoms with Crippen LogP contribution in [-0.4, -0.2) is 24.1 Å². The molecule has 5 nitrogen and oxygen atoms in total. The maximum Gasteiger partial charge on any atom is 0.164 e. The van der Waals surface area contributed by atoms with Crippen LogP contribution in [0.15, 0.2) is 249 Å². The van der Waals surface area contributed by atoms with Crippen molar-refractivity contribution in [2.75, 3.05) is 0 Å². The molecular formula is C65H41N5. The summed E-state index contributed by atoms with van der Waals surface area (Å²) in [6.07, 6.45) is 0. The predicted octanol–water partition coefficient (Wildman–Crippen LogP) is 16.7. The van der Waals surface area contributed by atoms with Crippen LogP contribution in [0.25, 0.3) is 133 Å². The zero-order valence-corrected chi connectivity index (χ0v) is 37.9. The van der Waals surface area contributed by atoms with E-state index in [0.29, 0.717) is 17.5 Å². The number of fused-ring (bicyclic) bond motifs is 8. The molecule has 0 spiro atoms. The molecule has 326 valence electrons. The van der Waals surface area contributed by atoms with E-state index >= 15 is 0 Å². The third kappa shape index (κ3) is 6.44. The fraction of sp³-hybridized carbons (Fsp3) is 0. The Labute approximate surface area is 403 Å². The van der Waals surface area contributed by atoms with Gasteiger partial charge in [-0.05, 0) is 86.3 Å². The van der Waals surface area contributed by atoms with Crippen LogP contribution in [-0.2, 0) is 0 Å². The van der Waals surface area contributed by atoms with Gasteiger partial charge >= 0.3 is 0 Å². The molecule has 0 atom stereocenters. The van der Waals surface area contributed by atoms with Gasteiger partial charge in [0, 0.05) is 43.9 Å². The molecule has 5 heteroatoms. The van der Waals surface area contributed by atoms with E-state index in [1.807, 2.05) is 0 Å². The van der Waals surface area contributed by atoms with Crippen LogP contribution in [0.4, 0.5) is 0 Å². The van der Waals surface area contributed by atoms with Gasteiger partial charge in [-0.1, -0.05) is 206 Å². The third-order valence-electron chi connectivity index (χ3n) is 14.0. The minimum atomic E-state index is 0.616. The molecule has 0 fully saturated rings. The zero-order chi connectivity index (χ0) is 46.1. The summed E-state index contributed by atoms with van der Waals surface area (Å²) in [4.78, 5) is 16.0. The molecule has 14 aromatic rings. The highest BCUT2D eigenvalue weighted by Crippen LogP contribution is 2.43. The lowest BCUT2D eigenvalue weighted by atomic mass is 9.97. The summed E-state index contributed by atoms with van der Waals surface area (Å²) in [7, 11) is 0. The van der Waals surface area contributed by atoms with E-state index in [4.69, 9.17) is 15.0 Å². The molecule has 0 bridgehead atoms. The first-order valence-corrected chi connectivity index (χ1v) is 23.8. The summed E-state index contributed by atoms with van der Waals surface area (Å²) in [6.45, 7) is 0. The monoisotopic (exact) mass is 891 g/mol. The molecule has 0 aliphatic carbocycles. The van der Waals surface area contributed by atoms with E-state index < -0.39 is 0 Å². The minimum Gasteiger partial charge on any atom is -0.307 e. The quantitative estimate of drug-likeness (QED) is 0.160. The van der Waals surface area contributed by atoms with Gasteiger partial charge in [-0.15, -0.1) is 0 Å². The number of hydrogen-bond acceptors (Lipinski definition) is 3. The van der Waals surface area contributed by atoms with Crippen LogP contribution in [0.3, 0.4) is 0 Å². The van der Waals surface area contributed by atoms with Crippen LogP contribution in [0.1, 0.15) is 0 Å². The van der Waals surface area contributed by atoms with E-state index in [2.05, 4.69) is 258 Å². The Hall–Kier alpha value is -9.45. The third-order valence-corrected chi connectivity index (χ3v) is 14.0. The van der Waals surface area contributed by atoms with Crippen molar-refractivity contribution in [3.8, 4) is 67.8 Å². The van der Waals surface area contributed by atoms with Crippen LogP contribution >= 0.6 is 0 Å². The minimum absolute atomic E-state index is 0.616. The summed E-state index contributed by atoms with van der Waals surface area (Å²) in [5.41, 5.74) is 14.1. The summed E-state index contributed by atoms with van der Waals surface area (Å²) < 4.78 is 4.88. The molecular weight excluding hydrogens is 851 g/mol. The van der Waals surface area contributed by atoms with E-state index in [1.165, 1.54) is 43.6 Å². The SMILES string of the molecule is c1ccc(-c2cccc(-n3c4ccccc4c4cccc(-n5c6ccccc6c6c(-c7nc(-c8ccc(-c9cccc%10ccccc9%10)cc8)nc(-c8ccc9ccccc9c8)n7)cccc65)c43)c2)cc1. The molecule has 0 saturated heterocycles. The zero-order valence-electron chi connectivity index (χ0n) is 37.9. The van der Waals surface area contributed by atoms with E-state index in [-0.39, 0.29) is 0 Å². The van der Waals surface area contributed by atoms with Gasteiger partial charge in [0.2, 0.25) is 0 Å². The standard InChI is InChI=1S/C65H41N5/c1-2-16-42(17-3-1)48-22-12-23-50(41-48)69-57-30-10-8-25-53(57)54-28-14-33-60(62(54)69)70-58-31-11-9-26-55(58)61-56(29-15-32-59(61)70)65-67-63(66-64(68-65)49-39-34-43-18-4-5-20-47(43)40-49)46-37-35-45(36-38-46)52-27-13-21-44-19-6-7-24-51(44)52/h1-41H. The van der Waals surface area contributed by atoms with Crippen molar-refractivity contribution in [2.45, 2.75) is 0 Å². The van der Waals surface area contributed by atoms with Crippen molar-refractivity contribution in [3.05, 3.63) is 249 Å². The number of hydrogen-bond donors (Lipinski definition) is 0. The Morgan fingerprint density at radius 3 is 1.67 bits per heavy atom. The molecule has 0 amide bonds. The van der Waals surface area contributed by atoms with Gasteiger partial charge < -0.3 is 9.13 Å². The highest BCUT2D eigenvalue weighted by molar-refractivity contribution is 6.18. The van der Waals surface area contributed by atoms with Gasteiger partial charge in [-0.3, -0.25) is 0 Å². The largest absolute Gasteiger partial charge is 0.307 e. The van der Waals surface area contributed by atoms with Gasteiger partial charge in [-0.25, -0.2) is 15.0 Å².